The molecular formula is C10H21NO. The minimum Gasteiger partial charge on any atom is -0.391 e. The van der Waals surface area contributed by atoms with Gasteiger partial charge >= 0.3 is 0 Å². The molecule has 0 bridgehead atoms. The maximum Gasteiger partial charge on any atom is 0.0719 e. The minimum absolute atomic E-state index is 0.0816. The Morgan fingerprint density at radius 1 is 1.25 bits per heavy atom. The first-order valence-electron chi connectivity index (χ1n) is 4.70. The van der Waals surface area contributed by atoms with Crippen molar-refractivity contribution >= 4 is 0 Å². The number of likely N-dealkylation sites (N-methyl/N-ethyl adjacent to an activating group) is 1. The summed E-state index contributed by atoms with van der Waals surface area (Å²) < 4.78 is 0. The Morgan fingerprint density at radius 2 is 1.75 bits per heavy atom. The number of piperidine rings is 1. The van der Waals surface area contributed by atoms with Crippen LogP contribution in [0.5, 0.6) is 0 Å². The molecule has 1 N–H and O–H groups in total. The maximum atomic E-state index is 9.80. The lowest BCUT2D eigenvalue weighted by molar-refractivity contribution is -0.0892. The van der Waals surface area contributed by atoms with Gasteiger partial charge in [0.25, 0.3) is 0 Å². The smallest absolute Gasteiger partial charge is 0.0719 e. The summed E-state index contributed by atoms with van der Waals surface area (Å²) in [4.78, 5) is 2.29. The van der Waals surface area contributed by atoms with Gasteiger partial charge in [0, 0.05) is 11.1 Å². The molecule has 0 amide bonds. The SMILES string of the molecule is CN1C(C)(C)CCC(O)C1(C)C. The molecule has 0 aromatic rings. The summed E-state index contributed by atoms with van der Waals surface area (Å²) in [6.07, 6.45) is 1.81. The Labute approximate surface area is 75.6 Å². The lowest BCUT2D eigenvalue weighted by Crippen LogP contribution is -2.62. The summed E-state index contributed by atoms with van der Waals surface area (Å²) in [6, 6.07) is 0. The third-order valence-corrected chi connectivity index (χ3v) is 3.62. The summed E-state index contributed by atoms with van der Waals surface area (Å²) in [5, 5.41) is 9.80. The molecule has 0 aromatic heterocycles. The second-order valence-corrected chi connectivity index (χ2v) is 5.08. The van der Waals surface area contributed by atoms with E-state index in [2.05, 4.69) is 39.6 Å². The number of aliphatic hydroxyl groups excluding tert-OH is 1. The highest BCUT2D eigenvalue weighted by Gasteiger charge is 2.43. The van der Waals surface area contributed by atoms with Crippen molar-refractivity contribution in [2.45, 2.75) is 57.7 Å². The lowest BCUT2D eigenvalue weighted by Gasteiger charge is -2.53. The van der Waals surface area contributed by atoms with Crippen LogP contribution < -0.4 is 0 Å². The van der Waals surface area contributed by atoms with Gasteiger partial charge in [-0.2, -0.15) is 0 Å². The summed E-state index contributed by atoms with van der Waals surface area (Å²) in [7, 11) is 2.10. The summed E-state index contributed by atoms with van der Waals surface area (Å²) >= 11 is 0. The molecule has 1 fully saturated rings. The van der Waals surface area contributed by atoms with E-state index in [9.17, 15) is 5.11 Å². The zero-order valence-electron chi connectivity index (χ0n) is 8.89. The number of rotatable bonds is 0. The second-order valence-electron chi connectivity index (χ2n) is 5.08. The van der Waals surface area contributed by atoms with Crippen molar-refractivity contribution in [2.24, 2.45) is 0 Å². The van der Waals surface area contributed by atoms with Gasteiger partial charge in [0.2, 0.25) is 0 Å². The van der Waals surface area contributed by atoms with Gasteiger partial charge in [0.1, 0.15) is 0 Å². The highest BCUT2D eigenvalue weighted by molar-refractivity contribution is 4.99. The first-order chi connectivity index (χ1) is 5.28. The van der Waals surface area contributed by atoms with Crippen LogP contribution >= 0.6 is 0 Å². The van der Waals surface area contributed by atoms with Crippen molar-refractivity contribution in [1.29, 1.82) is 0 Å². The first-order valence-corrected chi connectivity index (χ1v) is 4.70. The van der Waals surface area contributed by atoms with E-state index in [-0.39, 0.29) is 17.2 Å². The van der Waals surface area contributed by atoms with Crippen LogP contribution in [0.4, 0.5) is 0 Å². The number of hydrogen-bond acceptors (Lipinski definition) is 2. The molecule has 1 aliphatic heterocycles. The predicted molar refractivity (Wildman–Crippen MR) is 51.2 cm³/mol. The second kappa shape index (κ2) is 2.71. The van der Waals surface area contributed by atoms with E-state index < -0.39 is 0 Å². The average Bonchev–Trinajstić information content (AvgIpc) is 1.96. The van der Waals surface area contributed by atoms with Crippen molar-refractivity contribution in [3.05, 3.63) is 0 Å². The molecule has 12 heavy (non-hydrogen) atoms. The quantitative estimate of drug-likeness (QED) is 0.599. The van der Waals surface area contributed by atoms with Gasteiger partial charge in [0.05, 0.1) is 6.10 Å². The molecule has 2 nitrogen and oxygen atoms in total. The van der Waals surface area contributed by atoms with E-state index in [1.165, 1.54) is 0 Å². The minimum atomic E-state index is -0.185. The fourth-order valence-corrected chi connectivity index (χ4v) is 2.01. The number of likely N-dealkylation sites (tertiary alicyclic amines) is 1. The van der Waals surface area contributed by atoms with Crippen LogP contribution in [0, 0.1) is 0 Å². The Balaban J connectivity index is 2.86. The topological polar surface area (TPSA) is 23.5 Å². The van der Waals surface area contributed by atoms with Crippen molar-refractivity contribution in [3.8, 4) is 0 Å². The predicted octanol–water partition coefficient (Wildman–Crippen LogP) is 1.63. The van der Waals surface area contributed by atoms with Gasteiger partial charge in [-0.15, -0.1) is 0 Å². The molecule has 0 aliphatic carbocycles. The van der Waals surface area contributed by atoms with Crippen LogP contribution in [0.25, 0.3) is 0 Å². The molecule has 72 valence electrons. The third-order valence-electron chi connectivity index (χ3n) is 3.62. The van der Waals surface area contributed by atoms with Gasteiger partial charge < -0.3 is 5.11 Å². The van der Waals surface area contributed by atoms with E-state index in [4.69, 9.17) is 0 Å². The monoisotopic (exact) mass is 171 g/mol. The number of aliphatic hydroxyl groups is 1. The maximum absolute atomic E-state index is 9.80. The molecule has 0 radical (unpaired) electrons. The van der Waals surface area contributed by atoms with E-state index in [0.717, 1.165) is 12.8 Å². The van der Waals surface area contributed by atoms with E-state index in [1.807, 2.05) is 0 Å². The van der Waals surface area contributed by atoms with Crippen LogP contribution in [0.2, 0.25) is 0 Å². The molecular weight excluding hydrogens is 150 g/mol. The van der Waals surface area contributed by atoms with Crippen molar-refractivity contribution < 1.29 is 5.11 Å². The van der Waals surface area contributed by atoms with E-state index >= 15 is 0 Å². The Bertz CT molecular complexity index is 175. The molecule has 2 heteroatoms. The largest absolute Gasteiger partial charge is 0.391 e. The van der Waals surface area contributed by atoms with Crippen molar-refractivity contribution in [2.75, 3.05) is 7.05 Å². The van der Waals surface area contributed by atoms with Gasteiger partial charge in [-0.3, -0.25) is 4.90 Å². The molecule has 0 aromatic carbocycles. The number of hydrogen-bond donors (Lipinski definition) is 1. The normalized spacial score (nSPS) is 35.0. The van der Waals surface area contributed by atoms with Crippen molar-refractivity contribution in [3.63, 3.8) is 0 Å². The molecule has 1 rings (SSSR count). The van der Waals surface area contributed by atoms with Gasteiger partial charge in [-0.1, -0.05) is 0 Å². The lowest BCUT2D eigenvalue weighted by atomic mass is 9.78. The molecule has 0 saturated carbocycles. The molecule has 1 saturated heterocycles. The zero-order valence-corrected chi connectivity index (χ0v) is 8.89. The fourth-order valence-electron chi connectivity index (χ4n) is 2.01. The van der Waals surface area contributed by atoms with Crippen LogP contribution in [0.15, 0.2) is 0 Å². The van der Waals surface area contributed by atoms with Crippen LogP contribution in [-0.4, -0.2) is 34.2 Å². The third kappa shape index (κ3) is 1.38. The molecule has 0 spiro atoms. The molecule has 1 atom stereocenters. The summed E-state index contributed by atoms with van der Waals surface area (Å²) in [6.45, 7) is 8.69. The summed E-state index contributed by atoms with van der Waals surface area (Å²) in [5.74, 6) is 0. The van der Waals surface area contributed by atoms with Crippen LogP contribution in [0.1, 0.15) is 40.5 Å². The first kappa shape index (κ1) is 10.0. The summed E-state index contributed by atoms with van der Waals surface area (Å²) in [5.41, 5.74) is 0.143. The van der Waals surface area contributed by atoms with Gasteiger partial charge in [0.15, 0.2) is 0 Å². The van der Waals surface area contributed by atoms with E-state index in [1.54, 1.807) is 0 Å². The average molecular weight is 171 g/mol. The number of nitrogens with zero attached hydrogens (tertiary/aromatic N) is 1. The standard InChI is InChI=1S/C10H21NO/c1-9(2)7-6-8(12)10(3,4)11(9)5/h8,12H,6-7H2,1-5H3. The molecule has 1 heterocycles. The molecule has 1 unspecified atom stereocenters. The Hall–Kier alpha value is -0.0800. The van der Waals surface area contributed by atoms with Gasteiger partial charge in [-0.05, 0) is 47.6 Å². The Kier molecular flexibility index (Phi) is 2.26. The van der Waals surface area contributed by atoms with Crippen LogP contribution in [-0.2, 0) is 0 Å². The van der Waals surface area contributed by atoms with Crippen molar-refractivity contribution in [1.82, 2.24) is 4.90 Å². The van der Waals surface area contributed by atoms with Crippen LogP contribution in [0.3, 0.4) is 0 Å². The zero-order chi connectivity index (χ0) is 9.57. The van der Waals surface area contributed by atoms with E-state index in [0.29, 0.717) is 0 Å². The van der Waals surface area contributed by atoms with Gasteiger partial charge in [-0.25, -0.2) is 0 Å². The highest BCUT2D eigenvalue weighted by Crippen LogP contribution is 2.36. The fraction of sp³-hybridized carbons (Fsp3) is 1.00. The highest BCUT2D eigenvalue weighted by atomic mass is 16.3. The Morgan fingerprint density at radius 3 is 2.17 bits per heavy atom. The molecule has 1 aliphatic rings.